The number of carbonyl (C=O) groups is 1. The second-order valence-electron chi connectivity index (χ2n) is 4.86. The molecule has 3 heteroatoms. The zero-order valence-corrected chi connectivity index (χ0v) is 11.3. The van der Waals surface area contributed by atoms with Gasteiger partial charge in [-0.3, -0.25) is 4.79 Å². The Bertz CT molecular complexity index is 361. The highest BCUT2D eigenvalue weighted by Gasteiger charge is 2.19. The van der Waals surface area contributed by atoms with Crippen LogP contribution in [-0.4, -0.2) is 24.3 Å². The molecule has 0 radical (unpaired) electrons. The molecule has 0 saturated heterocycles. The standard InChI is InChI=1S/C15H22O3/c1-11(13-7-5-4-6-8-13)9-14(16)10-12(2)15(17)18-3/h4-8,11-12,14,16H,9-10H2,1-3H3. The predicted octanol–water partition coefficient (Wildman–Crippen LogP) is 2.74. The summed E-state index contributed by atoms with van der Waals surface area (Å²) in [7, 11) is 1.37. The van der Waals surface area contributed by atoms with Crippen LogP contribution in [0.15, 0.2) is 30.3 Å². The highest BCUT2D eigenvalue weighted by atomic mass is 16.5. The minimum Gasteiger partial charge on any atom is -0.469 e. The molecule has 1 rings (SSSR count). The Morgan fingerprint density at radius 3 is 2.39 bits per heavy atom. The fourth-order valence-electron chi connectivity index (χ4n) is 2.13. The van der Waals surface area contributed by atoms with Crippen molar-refractivity contribution < 1.29 is 14.6 Å². The Morgan fingerprint density at radius 2 is 1.83 bits per heavy atom. The van der Waals surface area contributed by atoms with Crippen LogP contribution in [0.4, 0.5) is 0 Å². The molecule has 1 N–H and O–H groups in total. The summed E-state index contributed by atoms with van der Waals surface area (Å²) >= 11 is 0. The molecule has 0 aliphatic heterocycles. The van der Waals surface area contributed by atoms with Gasteiger partial charge >= 0.3 is 5.97 Å². The van der Waals surface area contributed by atoms with Gasteiger partial charge in [0.15, 0.2) is 0 Å². The van der Waals surface area contributed by atoms with Crippen LogP contribution < -0.4 is 0 Å². The number of carbonyl (C=O) groups excluding carboxylic acids is 1. The first-order chi connectivity index (χ1) is 8.54. The molecule has 0 spiro atoms. The van der Waals surface area contributed by atoms with E-state index in [1.165, 1.54) is 12.7 Å². The van der Waals surface area contributed by atoms with Gasteiger partial charge in [-0.1, -0.05) is 44.2 Å². The maximum atomic E-state index is 11.3. The van der Waals surface area contributed by atoms with Crippen LogP contribution in [-0.2, 0) is 9.53 Å². The van der Waals surface area contributed by atoms with Crippen molar-refractivity contribution in [2.45, 2.75) is 38.7 Å². The first-order valence-electron chi connectivity index (χ1n) is 6.35. The minimum atomic E-state index is -0.477. The largest absolute Gasteiger partial charge is 0.469 e. The SMILES string of the molecule is COC(=O)C(C)CC(O)CC(C)c1ccccc1. The zero-order valence-electron chi connectivity index (χ0n) is 11.3. The Labute approximate surface area is 109 Å². The Hall–Kier alpha value is -1.35. The number of ether oxygens (including phenoxy) is 1. The molecular formula is C15H22O3. The van der Waals surface area contributed by atoms with Gasteiger partial charge in [0.25, 0.3) is 0 Å². The number of benzene rings is 1. The topological polar surface area (TPSA) is 46.5 Å². The van der Waals surface area contributed by atoms with Crippen LogP contribution in [0.3, 0.4) is 0 Å². The lowest BCUT2D eigenvalue weighted by Gasteiger charge is -2.19. The van der Waals surface area contributed by atoms with Gasteiger partial charge in [0.1, 0.15) is 0 Å². The van der Waals surface area contributed by atoms with Gasteiger partial charge in [-0.15, -0.1) is 0 Å². The highest BCUT2D eigenvalue weighted by Crippen LogP contribution is 2.23. The van der Waals surface area contributed by atoms with Crippen molar-refractivity contribution in [3.63, 3.8) is 0 Å². The van der Waals surface area contributed by atoms with Crippen molar-refractivity contribution in [3.05, 3.63) is 35.9 Å². The van der Waals surface area contributed by atoms with Crippen LogP contribution in [0, 0.1) is 5.92 Å². The normalized spacial score (nSPS) is 15.8. The second kappa shape index (κ2) is 7.17. The summed E-state index contributed by atoms with van der Waals surface area (Å²) < 4.78 is 4.65. The van der Waals surface area contributed by atoms with E-state index in [1.807, 2.05) is 18.2 Å². The lowest BCUT2D eigenvalue weighted by molar-refractivity contribution is -0.145. The van der Waals surface area contributed by atoms with Crippen molar-refractivity contribution in [3.8, 4) is 0 Å². The van der Waals surface area contributed by atoms with Gasteiger partial charge in [0, 0.05) is 0 Å². The molecule has 0 aromatic heterocycles. The number of hydrogen-bond donors (Lipinski definition) is 1. The molecule has 1 aromatic rings. The summed E-state index contributed by atoms with van der Waals surface area (Å²) in [6, 6.07) is 10.1. The third-order valence-corrected chi connectivity index (χ3v) is 3.22. The van der Waals surface area contributed by atoms with Crippen LogP contribution in [0.2, 0.25) is 0 Å². The van der Waals surface area contributed by atoms with Crippen molar-refractivity contribution in [1.29, 1.82) is 0 Å². The average Bonchev–Trinajstić information content (AvgIpc) is 2.38. The maximum Gasteiger partial charge on any atom is 0.308 e. The van der Waals surface area contributed by atoms with Crippen LogP contribution in [0.5, 0.6) is 0 Å². The number of aliphatic hydroxyl groups excluding tert-OH is 1. The quantitative estimate of drug-likeness (QED) is 0.790. The van der Waals surface area contributed by atoms with Gasteiger partial charge in [0.2, 0.25) is 0 Å². The van der Waals surface area contributed by atoms with Gasteiger partial charge in [-0.25, -0.2) is 0 Å². The summed E-state index contributed by atoms with van der Waals surface area (Å²) in [5.41, 5.74) is 1.21. The third kappa shape index (κ3) is 4.49. The number of rotatable bonds is 6. The van der Waals surface area contributed by atoms with E-state index in [9.17, 15) is 9.90 Å². The van der Waals surface area contributed by atoms with Crippen LogP contribution in [0.25, 0.3) is 0 Å². The molecule has 0 heterocycles. The molecule has 0 fully saturated rings. The fourth-order valence-corrected chi connectivity index (χ4v) is 2.13. The molecule has 0 aliphatic carbocycles. The molecule has 0 saturated carbocycles. The van der Waals surface area contributed by atoms with Crippen LogP contribution >= 0.6 is 0 Å². The number of esters is 1. The third-order valence-electron chi connectivity index (χ3n) is 3.22. The summed E-state index contributed by atoms with van der Waals surface area (Å²) in [6.45, 7) is 3.86. The lowest BCUT2D eigenvalue weighted by atomic mass is 9.91. The fraction of sp³-hybridized carbons (Fsp3) is 0.533. The summed E-state index contributed by atoms with van der Waals surface area (Å²) in [5, 5.41) is 9.99. The number of aliphatic hydroxyl groups is 1. The molecule has 3 nitrogen and oxygen atoms in total. The van der Waals surface area contributed by atoms with Crippen LogP contribution in [0.1, 0.15) is 38.2 Å². The first kappa shape index (κ1) is 14.7. The lowest BCUT2D eigenvalue weighted by Crippen LogP contribution is -2.21. The van der Waals surface area contributed by atoms with E-state index >= 15 is 0 Å². The second-order valence-corrected chi connectivity index (χ2v) is 4.86. The van der Waals surface area contributed by atoms with E-state index in [-0.39, 0.29) is 17.8 Å². The average molecular weight is 250 g/mol. The van der Waals surface area contributed by atoms with E-state index in [4.69, 9.17) is 0 Å². The summed E-state index contributed by atoms with van der Waals surface area (Å²) in [5.74, 6) is -0.236. The smallest absolute Gasteiger partial charge is 0.308 e. The summed E-state index contributed by atoms with van der Waals surface area (Å²) in [6.07, 6.45) is 0.629. The molecule has 3 atom stereocenters. The molecular weight excluding hydrogens is 228 g/mol. The van der Waals surface area contributed by atoms with E-state index in [1.54, 1.807) is 6.92 Å². The predicted molar refractivity (Wildman–Crippen MR) is 71.3 cm³/mol. The molecule has 3 unspecified atom stereocenters. The maximum absolute atomic E-state index is 11.3. The summed E-state index contributed by atoms with van der Waals surface area (Å²) in [4.78, 5) is 11.3. The molecule has 18 heavy (non-hydrogen) atoms. The Kier molecular flexibility index (Phi) is 5.86. The molecule has 100 valence electrons. The van der Waals surface area contributed by atoms with E-state index < -0.39 is 6.10 Å². The van der Waals surface area contributed by atoms with E-state index in [0.717, 1.165) is 0 Å². The van der Waals surface area contributed by atoms with Crippen molar-refractivity contribution in [2.75, 3.05) is 7.11 Å². The van der Waals surface area contributed by atoms with Gasteiger partial charge in [-0.05, 0) is 24.3 Å². The van der Waals surface area contributed by atoms with Crippen molar-refractivity contribution in [2.24, 2.45) is 5.92 Å². The molecule has 1 aromatic carbocycles. The molecule has 0 bridgehead atoms. The molecule has 0 aliphatic rings. The zero-order chi connectivity index (χ0) is 13.5. The number of hydrogen-bond acceptors (Lipinski definition) is 3. The molecule has 0 amide bonds. The van der Waals surface area contributed by atoms with Gasteiger partial charge in [0.05, 0.1) is 19.1 Å². The Balaban J connectivity index is 2.45. The Morgan fingerprint density at radius 1 is 1.22 bits per heavy atom. The highest BCUT2D eigenvalue weighted by molar-refractivity contribution is 5.71. The van der Waals surface area contributed by atoms with Gasteiger partial charge in [-0.2, -0.15) is 0 Å². The van der Waals surface area contributed by atoms with E-state index in [2.05, 4.69) is 23.8 Å². The monoisotopic (exact) mass is 250 g/mol. The van der Waals surface area contributed by atoms with Gasteiger partial charge < -0.3 is 9.84 Å². The van der Waals surface area contributed by atoms with E-state index in [0.29, 0.717) is 12.8 Å². The minimum absolute atomic E-state index is 0.257. The van der Waals surface area contributed by atoms with Crippen molar-refractivity contribution in [1.82, 2.24) is 0 Å². The number of methoxy groups -OCH3 is 1. The van der Waals surface area contributed by atoms with Crippen molar-refractivity contribution >= 4 is 5.97 Å². The first-order valence-corrected chi connectivity index (χ1v) is 6.35.